The van der Waals surface area contributed by atoms with E-state index >= 15 is 0 Å². The summed E-state index contributed by atoms with van der Waals surface area (Å²) >= 11 is 12.4. The molecule has 1 aliphatic rings. The van der Waals surface area contributed by atoms with Crippen LogP contribution in [-0.2, 0) is 21.2 Å². The van der Waals surface area contributed by atoms with Crippen molar-refractivity contribution in [3.05, 3.63) is 62.6 Å². The predicted molar refractivity (Wildman–Crippen MR) is 129 cm³/mol. The topological polar surface area (TPSA) is 101 Å². The zero-order valence-electron chi connectivity index (χ0n) is 17.2. The lowest BCUT2D eigenvalue weighted by Gasteiger charge is -2.33. The van der Waals surface area contributed by atoms with Gasteiger partial charge in [0.15, 0.2) is 0 Å². The number of primary amides is 1. The summed E-state index contributed by atoms with van der Waals surface area (Å²) in [7, 11) is -1.60. The Morgan fingerprint density at radius 1 is 1.13 bits per heavy atom. The highest BCUT2D eigenvalue weighted by molar-refractivity contribution is 7.92. The van der Waals surface area contributed by atoms with Crippen LogP contribution in [0, 0.1) is 0 Å². The molecule has 3 rings (SSSR count). The summed E-state index contributed by atoms with van der Waals surface area (Å²) < 4.78 is 26.4. The van der Waals surface area contributed by atoms with Gasteiger partial charge >= 0.3 is 0 Å². The Balaban J connectivity index is 0.00000341. The summed E-state index contributed by atoms with van der Waals surface area (Å²) in [6.45, 7) is 0. The lowest BCUT2D eigenvalue weighted by molar-refractivity contribution is -0.117. The summed E-state index contributed by atoms with van der Waals surface area (Å²) in [5.74, 6) is -0.355. The molecular weight excluding hydrogens is 481 g/mol. The fourth-order valence-electron chi connectivity index (χ4n) is 4.06. The number of anilines is 1. The van der Waals surface area contributed by atoms with E-state index in [0.717, 1.165) is 41.4 Å². The molecule has 0 saturated carbocycles. The van der Waals surface area contributed by atoms with Crippen molar-refractivity contribution in [2.24, 2.45) is 5.73 Å². The van der Waals surface area contributed by atoms with Gasteiger partial charge in [-0.05, 0) is 66.8 Å². The maximum Gasteiger partial charge on any atom is 0.229 e. The Labute approximate surface area is 199 Å². The Morgan fingerprint density at radius 2 is 1.84 bits per heavy atom. The number of sulfonamides is 1. The SMILES string of the molecule is CN[C@H]1CC[C@@H](c2ccc(Cl)c(Cl)c2)c2cc(CCC(N)=O)c(NS(C)(=O)=O)cc21.Cl. The van der Waals surface area contributed by atoms with Crippen molar-refractivity contribution in [2.45, 2.75) is 37.6 Å². The van der Waals surface area contributed by atoms with Gasteiger partial charge in [-0.1, -0.05) is 35.3 Å². The number of amides is 1. The van der Waals surface area contributed by atoms with Crippen molar-refractivity contribution in [3.63, 3.8) is 0 Å². The second-order valence-electron chi connectivity index (χ2n) is 7.62. The molecule has 0 heterocycles. The normalized spacial score (nSPS) is 18.1. The molecule has 4 N–H and O–H groups in total. The van der Waals surface area contributed by atoms with Crippen LogP contribution >= 0.6 is 35.6 Å². The van der Waals surface area contributed by atoms with E-state index in [1.807, 2.05) is 31.3 Å². The largest absolute Gasteiger partial charge is 0.370 e. The maximum atomic E-state index is 11.9. The zero-order valence-corrected chi connectivity index (χ0v) is 20.4. The third-order valence-electron chi connectivity index (χ3n) is 5.43. The van der Waals surface area contributed by atoms with Crippen LogP contribution in [0.3, 0.4) is 0 Å². The van der Waals surface area contributed by atoms with E-state index in [0.29, 0.717) is 22.2 Å². The van der Waals surface area contributed by atoms with E-state index in [2.05, 4.69) is 10.0 Å². The number of benzene rings is 2. The van der Waals surface area contributed by atoms with Crippen LogP contribution < -0.4 is 15.8 Å². The van der Waals surface area contributed by atoms with E-state index < -0.39 is 15.9 Å². The van der Waals surface area contributed by atoms with Crippen LogP contribution in [0.25, 0.3) is 0 Å². The lowest BCUT2D eigenvalue weighted by Crippen LogP contribution is -2.25. The summed E-state index contributed by atoms with van der Waals surface area (Å²) in [5, 5.41) is 4.31. The van der Waals surface area contributed by atoms with E-state index in [1.165, 1.54) is 0 Å². The van der Waals surface area contributed by atoms with Crippen molar-refractivity contribution in [3.8, 4) is 0 Å². The molecule has 6 nitrogen and oxygen atoms in total. The number of aryl methyl sites for hydroxylation is 1. The van der Waals surface area contributed by atoms with Crippen molar-refractivity contribution >= 4 is 57.2 Å². The summed E-state index contributed by atoms with van der Waals surface area (Å²) in [6, 6.07) is 9.58. The first-order valence-corrected chi connectivity index (χ1v) is 12.3. The van der Waals surface area contributed by atoms with Crippen molar-refractivity contribution < 1.29 is 13.2 Å². The Morgan fingerprint density at radius 3 is 2.42 bits per heavy atom. The molecule has 0 spiro atoms. The number of carbonyl (C=O) groups excluding carboxylic acids is 1. The smallest absolute Gasteiger partial charge is 0.229 e. The molecule has 1 aliphatic carbocycles. The van der Waals surface area contributed by atoms with Gasteiger partial charge in [0.25, 0.3) is 0 Å². The van der Waals surface area contributed by atoms with Gasteiger partial charge in [-0.15, -0.1) is 12.4 Å². The molecule has 0 aromatic heterocycles. The van der Waals surface area contributed by atoms with Gasteiger partial charge in [-0.3, -0.25) is 9.52 Å². The summed E-state index contributed by atoms with van der Waals surface area (Å²) in [5.41, 5.74) is 9.70. The van der Waals surface area contributed by atoms with Crippen LogP contribution in [-0.4, -0.2) is 27.6 Å². The third kappa shape index (κ3) is 6.26. The first-order chi connectivity index (χ1) is 14.1. The molecule has 10 heteroatoms. The Bertz CT molecular complexity index is 1080. The van der Waals surface area contributed by atoms with Gasteiger partial charge in [0.2, 0.25) is 15.9 Å². The molecule has 0 radical (unpaired) electrons. The van der Waals surface area contributed by atoms with Gasteiger partial charge in [-0.2, -0.15) is 0 Å². The van der Waals surface area contributed by atoms with Gasteiger partial charge in [-0.25, -0.2) is 8.42 Å². The number of fused-ring (bicyclic) bond motifs is 1. The zero-order chi connectivity index (χ0) is 22.1. The molecule has 0 bridgehead atoms. The van der Waals surface area contributed by atoms with Gasteiger partial charge < -0.3 is 11.1 Å². The van der Waals surface area contributed by atoms with E-state index in [-0.39, 0.29) is 30.8 Å². The molecule has 170 valence electrons. The Kier molecular flexibility index (Phi) is 8.64. The molecule has 0 saturated heterocycles. The predicted octanol–water partition coefficient (Wildman–Crippen LogP) is 4.39. The van der Waals surface area contributed by atoms with Gasteiger partial charge in [0.1, 0.15) is 0 Å². The fourth-order valence-corrected chi connectivity index (χ4v) is 4.96. The first-order valence-electron chi connectivity index (χ1n) is 9.64. The third-order valence-corrected chi connectivity index (χ3v) is 6.76. The molecule has 31 heavy (non-hydrogen) atoms. The van der Waals surface area contributed by atoms with Crippen LogP contribution in [0.1, 0.15) is 53.5 Å². The highest BCUT2D eigenvalue weighted by Crippen LogP contribution is 2.44. The van der Waals surface area contributed by atoms with Crippen LogP contribution in [0.4, 0.5) is 5.69 Å². The Hall–Kier alpha value is -1.51. The number of nitrogens with two attached hydrogens (primary N) is 1. The van der Waals surface area contributed by atoms with E-state index in [1.54, 1.807) is 6.07 Å². The number of carbonyl (C=O) groups is 1. The second kappa shape index (κ2) is 10.4. The molecule has 2 atom stereocenters. The summed E-state index contributed by atoms with van der Waals surface area (Å²) in [6.07, 6.45) is 3.36. The molecule has 0 unspecified atom stereocenters. The molecule has 0 fully saturated rings. The lowest BCUT2D eigenvalue weighted by atomic mass is 9.75. The highest BCUT2D eigenvalue weighted by Gasteiger charge is 2.29. The maximum absolute atomic E-state index is 11.9. The minimum atomic E-state index is -3.48. The van der Waals surface area contributed by atoms with Crippen LogP contribution in [0.5, 0.6) is 0 Å². The second-order valence-corrected chi connectivity index (χ2v) is 10.2. The number of hydrogen-bond acceptors (Lipinski definition) is 4. The van der Waals surface area contributed by atoms with E-state index in [9.17, 15) is 13.2 Å². The standard InChI is InChI=1S/C21H25Cl2N3O3S.ClH/c1-25-19-7-5-14(12-3-6-17(22)18(23)10-12)15-9-13(4-8-21(24)27)20(11-16(15)19)26-30(2,28)29;/h3,6,9-11,14,19,25-26H,4-5,7-8H2,1-2H3,(H2,24,27);1H/t14-,19-;/m0./s1. The molecule has 0 aliphatic heterocycles. The summed E-state index contributed by atoms with van der Waals surface area (Å²) in [4.78, 5) is 11.4. The number of rotatable bonds is 7. The molecule has 2 aromatic rings. The first kappa shape index (κ1) is 25.7. The van der Waals surface area contributed by atoms with E-state index in [4.69, 9.17) is 28.9 Å². The average Bonchev–Trinajstić information content (AvgIpc) is 2.66. The van der Waals surface area contributed by atoms with Crippen LogP contribution in [0.15, 0.2) is 30.3 Å². The quantitative estimate of drug-likeness (QED) is 0.518. The minimum Gasteiger partial charge on any atom is -0.370 e. The van der Waals surface area contributed by atoms with Crippen molar-refractivity contribution in [1.82, 2.24) is 5.32 Å². The fraction of sp³-hybridized carbons (Fsp3) is 0.381. The van der Waals surface area contributed by atoms with Crippen molar-refractivity contribution in [2.75, 3.05) is 18.0 Å². The van der Waals surface area contributed by atoms with Gasteiger partial charge in [0, 0.05) is 18.4 Å². The number of halogens is 3. The number of hydrogen-bond donors (Lipinski definition) is 3. The monoisotopic (exact) mass is 505 g/mol. The molecule has 1 amide bonds. The van der Waals surface area contributed by atoms with Crippen molar-refractivity contribution in [1.29, 1.82) is 0 Å². The molecular formula is C21H26Cl3N3O3S. The molecule has 2 aromatic carbocycles. The highest BCUT2D eigenvalue weighted by atomic mass is 35.5. The van der Waals surface area contributed by atoms with Gasteiger partial charge in [0.05, 0.1) is 22.0 Å². The minimum absolute atomic E-state index is 0. The van der Waals surface area contributed by atoms with Crippen LogP contribution in [0.2, 0.25) is 10.0 Å². The average molecular weight is 507 g/mol. The number of nitrogens with one attached hydrogen (secondary N) is 2.